The van der Waals surface area contributed by atoms with E-state index in [4.69, 9.17) is 29.6 Å². The van der Waals surface area contributed by atoms with E-state index >= 15 is 0 Å². The fraction of sp³-hybridized carbons (Fsp3) is 0.462. The van der Waals surface area contributed by atoms with Crippen LogP contribution >= 0.6 is 23.8 Å². The third kappa shape index (κ3) is 2.72. The Balaban J connectivity index is 2.32. The second-order valence-corrected chi connectivity index (χ2v) is 5.99. The van der Waals surface area contributed by atoms with Crippen molar-refractivity contribution in [1.82, 2.24) is 0 Å². The number of benzene rings is 1. The first-order valence-corrected chi connectivity index (χ1v) is 6.57. The van der Waals surface area contributed by atoms with Crippen LogP contribution in [-0.2, 0) is 0 Å². The highest BCUT2D eigenvalue weighted by molar-refractivity contribution is 7.80. The minimum Gasteiger partial charge on any atom is -0.389 e. The molecule has 1 aliphatic rings. The van der Waals surface area contributed by atoms with Crippen molar-refractivity contribution < 1.29 is 0 Å². The smallest absolute Gasteiger partial charge is 0.107 e. The predicted octanol–water partition coefficient (Wildman–Crippen LogP) is 3.57. The third-order valence-electron chi connectivity index (χ3n) is 3.31. The molecule has 0 amide bonds. The first-order valence-electron chi connectivity index (χ1n) is 5.78. The van der Waals surface area contributed by atoms with E-state index < -0.39 is 0 Å². The van der Waals surface area contributed by atoms with Gasteiger partial charge in [0.1, 0.15) is 4.99 Å². The first kappa shape index (κ1) is 12.7. The van der Waals surface area contributed by atoms with E-state index in [0.717, 1.165) is 17.2 Å². The van der Waals surface area contributed by atoms with Crippen LogP contribution < -0.4 is 11.1 Å². The fourth-order valence-corrected chi connectivity index (χ4v) is 2.69. The van der Waals surface area contributed by atoms with Gasteiger partial charge in [-0.25, -0.2) is 0 Å². The molecule has 0 radical (unpaired) electrons. The zero-order chi connectivity index (χ0) is 12.6. The van der Waals surface area contributed by atoms with Gasteiger partial charge < -0.3 is 11.1 Å². The van der Waals surface area contributed by atoms with E-state index in [0.29, 0.717) is 10.0 Å². The fourth-order valence-electron chi connectivity index (χ4n) is 2.13. The van der Waals surface area contributed by atoms with E-state index in [1.807, 2.05) is 18.2 Å². The van der Waals surface area contributed by atoms with Crippen molar-refractivity contribution in [3.63, 3.8) is 0 Å². The molecule has 4 heteroatoms. The molecule has 0 aromatic heterocycles. The van der Waals surface area contributed by atoms with Gasteiger partial charge in [-0.15, -0.1) is 0 Å². The van der Waals surface area contributed by atoms with E-state index in [-0.39, 0.29) is 5.54 Å². The normalized spacial score (nSPS) is 15.7. The maximum atomic E-state index is 6.14. The predicted molar refractivity (Wildman–Crippen MR) is 77.8 cm³/mol. The van der Waals surface area contributed by atoms with E-state index in [1.165, 1.54) is 12.8 Å². The quantitative estimate of drug-likeness (QED) is 0.820. The Morgan fingerprint density at radius 3 is 2.65 bits per heavy atom. The summed E-state index contributed by atoms with van der Waals surface area (Å²) in [6.45, 7) is 4.41. The third-order valence-corrected chi connectivity index (χ3v) is 3.83. The average molecular weight is 269 g/mol. The van der Waals surface area contributed by atoms with Crippen LogP contribution in [-0.4, -0.2) is 10.5 Å². The molecule has 0 unspecified atom stereocenters. The molecule has 1 aromatic carbocycles. The molecule has 92 valence electrons. The van der Waals surface area contributed by atoms with Gasteiger partial charge in [-0.05, 0) is 44.7 Å². The van der Waals surface area contributed by atoms with Gasteiger partial charge in [0, 0.05) is 11.2 Å². The topological polar surface area (TPSA) is 38.0 Å². The van der Waals surface area contributed by atoms with Gasteiger partial charge in [-0.2, -0.15) is 0 Å². The van der Waals surface area contributed by atoms with Crippen LogP contribution in [0.2, 0.25) is 5.02 Å². The molecular formula is C13H17ClN2S. The van der Waals surface area contributed by atoms with Crippen molar-refractivity contribution in [3.05, 3.63) is 28.8 Å². The maximum absolute atomic E-state index is 6.14. The summed E-state index contributed by atoms with van der Waals surface area (Å²) in [5.41, 5.74) is 7.47. The molecule has 3 N–H and O–H groups in total. The molecule has 2 nitrogen and oxygen atoms in total. The van der Waals surface area contributed by atoms with Crippen LogP contribution in [0.3, 0.4) is 0 Å². The summed E-state index contributed by atoms with van der Waals surface area (Å²) >= 11 is 11.2. The zero-order valence-electron chi connectivity index (χ0n) is 10.1. The number of hydrogen-bond donors (Lipinski definition) is 2. The number of nitrogens with two attached hydrogens (primary N) is 1. The summed E-state index contributed by atoms with van der Waals surface area (Å²) in [4.78, 5) is 0.338. The van der Waals surface area contributed by atoms with Crippen molar-refractivity contribution in [2.75, 3.05) is 5.32 Å². The molecule has 0 spiro atoms. The minimum atomic E-state index is 0.0597. The average Bonchev–Trinajstić information content (AvgIpc) is 2.98. The van der Waals surface area contributed by atoms with Gasteiger partial charge in [0.25, 0.3) is 0 Å². The highest BCUT2D eigenvalue weighted by Crippen LogP contribution is 2.41. The lowest BCUT2D eigenvalue weighted by Gasteiger charge is -2.29. The van der Waals surface area contributed by atoms with Crippen molar-refractivity contribution >= 4 is 34.5 Å². The summed E-state index contributed by atoms with van der Waals surface area (Å²) in [6, 6.07) is 5.70. The molecular weight excluding hydrogens is 252 g/mol. The Labute approximate surface area is 113 Å². The lowest BCUT2D eigenvalue weighted by molar-refractivity contribution is 0.494. The molecule has 1 fully saturated rings. The number of rotatable bonds is 4. The Bertz CT molecular complexity index is 453. The van der Waals surface area contributed by atoms with Gasteiger partial charge in [0.05, 0.1) is 10.6 Å². The Morgan fingerprint density at radius 1 is 1.47 bits per heavy atom. The molecule has 0 aliphatic heterocycles. The Hall–Kier alpha value is -0.800. The molecule has 0 bridgehead atoms. The van der Waals surface area contributed by atoms with Crippen LogP contribution in [0.25, 0.3) is 0 Å². The zero-order valence-corrected chi connectivity index (χ0v) is 11.7. The lowest BCUT2D eigenvalue weighted by Crippen LogP contribution is -2.34. The summed E-state index contributed by atoms with van der Waals surface area (Å²) in [5.74, 6) is 0.723. The molecule has 0 heterocycles. The monoisotopic (exact) mass is 268 g/mol. The Kier molecular flexibility index (Phi) is 3.32. The van der Waals surface area contributed by atoms with Crippen molar-refractivity contribution in [2.24, 2.45) is 11.7 Å². The van der Waals surface area contributed by atoms with Gasteiger partial charge in [0.15, 0.2) is 0 Å². The molecule has 1 aromatic rings. The highest BCUT2D eigenvalue weighted by Gasteiger charge is 2.38. The largest absolute Gasteiger partial charge is 0.389 e. The SMILES string of the molecule is CC(C)(Nc1cccc(Cl)c1C(N)=S)C1CC1. The van der Waals surface area contributed by atoms with Gasteiger partial charge in [-0.1, -0.05) is 29.9 Å². The number of halogens is 1. The molecule has 1 aliphatic carbocycles. The number of nitrogens with one attached hydrogen (secondary N) is 1. The highest BCUT2D eigenvalue weighted by atomic mass is 35.5. The van der Waals surface area contributed by atoms with Crippen LogP contribution in [0, 0.1) is 5.92 Å². The summed E-state index contributed by atoms with van der Waals surface area (Å²) < 4.78 is 0. The second-order valence-electron chi connectivity index (χ2n) is 5.15. The van der Waals surface area contributed by atoms with Gasteiger partial charge in [-0.3, -0.25) is 0 Å². The molecule has 17 heavy (non-hydrogen) atoms. The van der Waals surface area contributed by atoms with Crippen LogP contribution in [0.1, 0.15) is 32.3 Å². The number of hydrogen-bond acceptors (Lipinski definition) is 2. The van der Waals surface area contributed by atoms with Crippen molar-refractivity contribution in [1.29, 1.82) is 0 Å². The molecule has 2 rings (SSSR count). The Morgan fingerprint density at radius 2 is 2.12 bits per heavy atom. The molecule has 1 saturated carbocycles. The van der Waals surface area contributed by atoms with Crippen LogP contribution in [0.5, 0.6) is 0 Å². The van der Waals surface area contributed by atoms with E-state index in [1.54, 1.807) is 0 Å². The van der Waals surface area contributed by atoms with Crippen LogP contribution in [0.15, 0.2) is 18.2 Å². The second kappa shape index (κ2) is 4.46. The number of thiocarbonyl (C=S) groups is 1. The van der Waals surface area contributed by atoms with Gasteiger partial charge in [0.2, 0.25) is 0 Å². The standard InChI is InChI=1S/C13H17ClN2S/c1-13(2,8-6-7-8)16-10-5-3-4-9(14)11(10)12(15)17/h3-5,8,16H,6-7H2,1-2H3,(H2,15,17). The summed E-state index contributed by atoms with van der Waals surface area (Å²) in [7, 11) is 0. The maximum Gasteiger partial charge on any atom is 0.107 e. The summed E-state index contributed by atoms with van der Waals surface area (Å²) in [6.07, 6.45) is 2.56. The van der Waals surface area contributed by atoms with E-state index in [9.17, 15) is 0 Å². The van der Waals surface area contributed by atoms with Crippen molar-refractivity contribution in [3.8, 4) is 0 Å². The van der Waals surface area contributed by atoms with Crippen molar-refractivity contribution in [2.45, 2.75) is 32.2 Å². The van der Waals surface area contributed by atoms with Crippen LogP contribution in [0.4, 0.5) is 5.69 Å². The number of anilines is 1. The minimum absolute atomic E-state index is 0.0597. The lowest BCUT2D eigenvalue weighted by atomic mass is 9.97. The van der Waals surface area contributed by atoms with E-state index in [2.05, 4.69) is 19.2 Å². The molecule has 0 saturated heterocycles. The summed E-state index contributed by atoms with van der Waals surface area (Å²) in [5, 5.41) is 4.12. The first-order chi connectivity index (χ1) is 7.92. The van der Waals surface area contributed by atoms with Gasteiger partial charge >= 0.3 is 0 Å². The molecule has 0 atom stereocenters.